The summed E-state index contributed by atoms with van der Waals surface area (Å²) in [4.78, 5) is 14.8. The average Bonchev–Trinajstić information content (AvgIpc) is 2.58. The molecule has 1 saturated heterocycles. The number of phenols is 1. The monoisotopic (exact) mass is 273 g/mol. The number of benzene rings is 1. The maximum Gasteiger partial charge on any atom is 0.254 e. The highest BCUT2D eigenvalue weighted by atomic mass is 16.3. The van der Waals surface area contributed by atoms with E-state index in [1.54, 1.807) is 24.3 Å². The van der Waals surface area contributed by atoms with Crippen LogP contribution in [-0.2, 0) is 0 Å². The zero-order chi connectivity index (χ0) is 14.5. The van der Waals surface area contributed by atoms with Crippen molar-refractivity contribution in [3.05, 3.63) is 29.8 Å². The molecule has 20 heavy (non-hydrogen) atoms. The van der Waals surface area contributed by atoms with E-state index < -0.39 is 0 Å². The summed E-state index contributed by atoms with van der Waals surface area (Å²) >= 11 is 0. The summed E-state index contributed by atoms with van der Waals surface area (Å²) in [6.45, 7) is 7.80. The van der Waals surface area contributed by atoms with E-state index in [4.69, 9.17) is 0 Å². The topological polar surface area (TPSA) is 40.5 Å². The highest BCUT2D eigenvalue weighted by Crippen LogP contribution is 2.52. The van der Waals surface area contributed by atoms with Crippen molar-refractivity contribution < 1.29 is 9.90 Å². The molecule has 3 heteroatoms. The molecule has 1 aliphatic carbocycles. The molecule has 1 aromatic carbocycles. The van der Waals surface area contributed by atoms with E-state index in [0.29, 0.717) is 17.0 Å². The van der Waals surface area contributed by atoms with Gasteiger partial charge in [-0.1, -0.05) is 20.8 Å². The molecule has 0 spiro atoms. The number of carbonyl (C=O) groups excluding carboxylic acids is 1. The number of likely N-dealkylation sites (tertiary alicyclic amines) is 1. The molecular weight excluding hydrogens is 250 g/mol. The average molecular weight is 273 g/mol. The van der Waals surface area contributed by atoms with Crippen molar-refractivity contribution in [1.82, 2.24) is 4.90 Å². The van der Waals surface area contributed by atoms with Crippen LogP contribution in [0.15, 0.2) is 24.3 Å². The first-order valence-electron chi connectivity index (χ1n) is 7.38. The Kier molecular flexibility index (Phi) is 2.86. The zero-order valence-electron chi connectivity index (χ0n) is 12.5. The van der Waals surface area contributed by atoms with E-state index in [2.05, 4.69) is 25.7 Å². The van der Waals surface area contributed by atoms with Crippen molar-refractivity contribution in [3.63, 3.8) is 0 Å². The number of hydrogen-bond acceptors (Lipinski definition) is 2. The van der Waals surface area contributed by atoms with Gasteiger partial charge in [-0.2, -0.15) is 0 Å². The van der Waals surface area contributed by atoms with Gasteiger partial charge in [-0.05, 0) is 54.4 Å². The minimum atomic E-state index is 0.108. The summed E-state index contributed by atoms with van der Waals surface area (Å²) in [6.07, 6.45) is 3.41. The maximum absolute atomic E-state index is 12.7. The normalized spacial score (nSPS) is 31.4. The van der Waals surface area contributed by atoms with Crippen LogP contribution in [0.5, 0.6) is 5.75 Å². The summed E-state index contributed by atoms with van der Waals surface area (Å²) in [6, 6.07) is 6.97. The van der Waals surface area contributed by atoms with Crippen LogP contribution in [0.4, 0.5) is 0 Å². The van der Waals surface area contributed by atoms with Gasteiger partial charge in [0.2, 0.25) is 0 Å². The third-order valence-corrected chi connectivity index (χ3v) is 4.79. The molecule has 1 aliphatic heterocycles. The van der Waals surface area contributed by atoms with Gasteiger partial charge < -0.3 is 10.0 Å². The van der Waals surface area contributed by atoms with Gasteiger partial charge in [0.15, 0.2) is 0 Å². The molecule has 3 rings (SSSR count). The number of aromatic hydroxyl groups is 1. The molecule has 1 saturated carbocycles. The van der Waals surface area contributed by atoms with Gasteiger partial charge in [0.05, 0.1) is 0 Å². The number of fused-ring (bicyclic) bond motifs is 2. The quantitative estimate of drug-likeness (QED) is 0.851. The van der Waals surface area contributed by atoms with Gasteiger partial charge in [0.1, 0.15) is 5.75 Å². The van der Waals surface area contributed by atoms with Crippen molar-refractivity contribution in [3.8, 4) is 5.75 Å². The molecule has 108 valence electrons. The summed E-state index contributed by atoms with van der Waals surface area (Å²) in [7, 11) is 0. The molecule has 1 aromatic rings. The Morgan fingerprint density at radius 1 is 1.20 bits per heavy atom. The molecule has 1 amide bonds. The summed E-state index contributed by atoms with van der Waals surface area (Å²) < 4.78 is 0. The molecule has 2 unspecified atom stereocenters. The van der Waals surface area contributed by atoms with E-state index in [9.17, 15) is 9.90 Å². The second-order valence-electron chi connectivity index (χ2n) is 7.69. The maximum atomic E-state index is 12.7. The summed E-state index contributed by atoms with van der Waals surface area (Å²) in [5, 5.41) is 9.34. The van der Waals surface area contributed by atoms with Crippen molar-refractivity contribution >= 4 is 5.91 Å². The number of rotatable bonds is 1. The molecule has 2 fully saturated rings. The Labute approximate surface area is 120 Å². The minimum absolute atomic E-state index is 0.108. The third-order valence-electron chi connectivity index (χ3n) is 4.79. The van der Waals surface area contributed by atoms with E-state index in [-0.39, 0.29) is 17.1 Å². The molecular formula is C17H23NO2. The van der Waals surface area contributed by atoms with E-state index in [1.807, 2.05) is 0 Å². The molecule has 2 aliphatic rings. The van der Waals surface area contributed by atoms with Crippen molar-refractivity contribution in [2.75, 3.05) is 6.54 Å². The number of hydrogen-bond donors (Lipinski definition) is 1. The highest BCUT2D eigenvalue weighted by molar-refractivity contribution is 5.94. The zero-order valence-corrected chi connectivity index (χ0v) is 12.5. The Balaban J connectivity index is 1.85. The number of carbonyl (C=O) groups is 1. The van der Waals surface area contributed by atoms with E-state index in [1.165, 1.54) is 6.42 Å². The second kappa shape index (κ2) is 4.24. The highest BCUT2D eigenvalue weighted by Gasteiger charge is 2.50. The van der Waals surface area contributed by atoms with Crippen LogP contribution in [-0.4, -0.2) is 28.5 Å². The van der Waals surface area contributed by atoms with Crippen LogP contribution < -0.4 is 0 Å². The third kappa shape index (κ3) is 2.30. The first-order chi connectivity index (χ1) is 9.28. The lowest BCUT2D eigenvalue weighted by Gasteiger charge is -2.39. The molecule has 0 aromatic heterocycles. The van der Waals surface area contributed by atoms with Crippen molar-refractivity contribution in [2.45, 2.75) is 46.1 Å². The molecule has 3 nitrogen and oxygen atoms in total. The fourth-order valence-corrected chi connectivity index (χ4v) is 4.47. The molecule has 1 N–H and O–H groups in total. The number of amides is 1. The Bertz CT molecular complexity index is 534. The van der Waals surface area contributed by atoms with Gasteiger partial charge >= 0.3 is 0 Å². The number of nitrogens with zero attached hydrogens (tertiary/aromatic N) is 1. The first kappa shape index (κ1) is 13.5. The standard InChI is InChI=1S/C17H23NO2/c1-16(2)8-13-9-17(3,10-16)11-18(13)15(20)12-4-6-14(19)7-5-12/h4-7,13,19H,8-11H2,1-3H3. The van der Waals surface area contributed by atoms with Crippen LogP contribution in [0.2, 0.25) is 0 Å². The Hall–Kier alpha value is -1.51. The predicted molar refractivity (Wildman–Crippen MR) is 78.7 cm³/mol. The fraction of sp³-hybridized carbons (Fsp3) is 0.588. The van der Waals surface area contributed by atoms with Gasteiger partial charge in [-0.25, -0.2) is 0 Å². The lowest BCUT2D eigenvalue weighted by molar-refractivity contribution is 0.0708. The van der Waals surface area contributed by atoms with Crippen molar-refractivity contribution in [2.24, 2.45) is 10.8 Å². The van der Waals surface area contributed by atoms with E-state index >= 15 is 0 Å². The van der Waals surface area contributed by atoms with Gasteiger partial charge in [-0.15, -0.1) is 0 Å². The van der Waals surface area contributed by atoms with Crippen LogP contribution in [0, 0.1) is 10.8 Å². The van der Waals surface area contributed by atoms with Crippen molar-refractivity contribution in [1.29, 1.82) is 0 Å². The number of phenolic OH excluding ortho intramolecular Hbond substituents is 1. The van der Waals surface area contributed by atoms with Gasteiger partial charge in [-0.3, -0.25) is 4.79 Å². The smallest absolute Gasteiger partial charge is 0.254 e. The van der Waals surface area contributed by atoms with Gasteiger partial charge in [0, 0.05) is 18.2 Å². The van der Waals surface area contributed by atoms with Crippen LogP contribution >= 0.6 is 0 Å². The van der Waals surface area contributed by atoms with Crippen LogP contribution in [0.25, 0.3) is 0 Å². The lowest BCUT2D eigenvalue weighted by Crippen LogP contribution is -2.37. The Morgan fingerprint density at radius 2 is 1.85 bits per heavy atom. The SMILES string of the molecule is CC1(C)CC2CC(C)(CN2C(=O)c2ccc(O)cc2)C1. The molecule has 2 atom stereocenters. The molecule has 1 heterocycles. The summed E-state index contributed by atoms with van der Waals surface area (Å²) in [5.74, 6) is 0.311. The Morgan fingerprint density at radius 3 is 2.50 bits per heavy atom. The summed E-state index contributed by atoms with van der Waals surface area (Å²) in [5.41, 5.74) is 1.26. The van der Waals surface area contributed by atoms with Gasteiger partial charge in [0.25, 0.3) is 5.91 Å². The minimum Gasteiger partial charge on any atom is -0.508 e. The van der Waals surface area contributed by atoms with Crippen LogP contribution in [0.3, 0.4) is 0 Å². The first-order valence-corrected chi connectivity index (χ1v) is 7.38. The predicted octanol–water partition coefficient (Wildman–Crippen LogP) is 3.43. The second-order valence-corrected chi connectivity index (χ2v) is 7.69. The van der Waals surface area contributed by atoms with E-state index in [0.717, 1.165) is 19.4 Å². The molecule has 0 radical (unpaired) electrons. The largest absolute Gasteiger partial charge is 0.508 e. The lowest BCUT2D eigenvalue weighted by atomic mass is 9.65. The fourth-order valence-electron chi connectivity index (χ4n) is 4.47. The van der Waals surface area contributed by atoms with Crippen LogP contribution in [0.1, 0.15) is 50.4 Å². The molecule has 2 bridgehead atoms.